The van der Waals surface area contributed by atoms with Gasteiger partial charge < -0.3 is 10.0 Å². The van der Waals surface area contributed by atoms with Crippen molar-refractivity contribution in [2.24, 2.45) is 0 Å². The van der Waals surface area contributed by atoms with Gasteiger partial charge in [0, 0.05) is 28.9 Å². The van der Waals surface area contributed by atoms with Crippen LogP contribution >= 0.6 is 23.4 Å². The second-order valence-corrected chi connectivity index (χ2v) is 5.85. The van der Waals surface area contributed by atoms with E-state index in [1.165, 1.54) is 16.7 Å². The lowest BCUT2D eigenvalue weighted by Gasteiger charge is -2.15. The van der Waals surface area contributed by atoms with Crippen LogP contribution in [-0.4, -0.2) is 41.9 Å². The highest BCUT2D eigenvalue weighted by Crippen LogP contribution is 2.33. The molecule has 2 aromatic carbocycles. The van der Waals surface area contributed by atoms with Crippen molar-refractivity contribution in [2.75, 3.05) is 26.0 Å². The van der Waals surface area contributed by atoms with Gasteiger partial charge in [0.05, 0.1) is 12.4 Å². The molecular formula is C15H16ClNO2S. The second kappa shape index (κ2) is 6.97. The van der Waals surface area contributed by atoms with Crippen LogP contribution in [0.5, 0.6) is 0 Å². The van der Waals surface area contributed by atoms with E-state index in [-0.39, 0.29) is 12.5 Å². The number of carbonyl (C=O) groups excluding carboxylic acids is 1. The summed E-state index contributed by atoms with van der Waals surface area (Å²) in [6.45, 7) is 0.336. The quantitative estimate of drug-likeness (QED) is 0.863. The van der Waals surface area contributed by atoms with Crippen molar-refractivity contribution in [3.05, 3.63) is 41.4 Å². The Morgan fingerprint density at radius 3 is 2.70 bits per heavy atom. The first kappa shape index (κ1) is 15.2. The number of benzene rings is 2. The third-order valence-corrected chi connectivity index (χ3v) is 4.39. The van der Waals surface area contributed by atoms with E-state index in [1.54, 1.807) is 7.05 Å². The van der Waals surface area contributed by atoms with E-state index >= 15 is 0 Å². The summed E-state index contributed by atoms with van der Waals surface area (Å²) in [5, 5.41) is 11.6. The second-order valence-electron chi connectivity index (χ2n) is 4.42. The lowest BCUT2D eigenvalue weighted by molar-refractivity contribution is -0.127. The zero-order valence-corrected chi connectivity index (χ0v) is 12.7. The summed E-state index contributed by atoms with van der Waals surface area (Å²) in [5.41, 5.74) is 0. The van der Waals surface area contributed by atoms with E-state index < -0.39 is 0 Å². The topological polar surface area (TPSA) is 40.5 Å². The number of hydrogen-bond acceptors (Lipinski definition) is 3. The number of halogens is 1. The highest BCUT2D eigenvalue weighted by molar-refractivity contribution is 8.00. The van der Waals surface area contributed by atoms with Gasteiger partial charge in [-0.05, 0) is 17.5 Å². The standard InChI is InChI=1S/C15H16ClNO2S/c1-17(8-9-18)14(19)10-20-13-7-3-5-11-4-2-6-12(16)15(11)13/h2-7,18H,8-10H2,1H3. The number of hydrogen-bond donors (Lipinski definition) is 1. The minimum atomic E-state index is -0.0208. The van der Waals surface area contributed by atoms with Gasteiger partial charge in [0.2, 0.25) is 5.91 Å². The summed E-state index contributed by atoms with van der Waals surface area (Å²) >= 11 is 7.72. The fraction of sp³-hybridized carbons (Fsp3) is 0.267. The maximum absolute atomic E-state index is 11.9. The predicted molar refractivity (Wildman–Crippen MR) is 84.4 cm³/mol. The van der Waals surface area contributed by atoms with Gasteiger partial charge in [-0.25, -0.2) is 0 Å². The number of likely N-dealkylation sites (N-methyl/N-ethyl adjacent to an activating group) is 1. The fourth-order valence-electron chi connectivity index (χ4n) is 1.91. The van der Waals surface area contributed by atoms with Crippen LogP contribution in [0.1, 0.15) is 0 Å². The molecule has 2 rings (SSSR count). The molecule has 0 aliphatic heterocycles. The summed E-state index contributed by atoms with van der Waals surface area (Å²) in [6, 6.07) is 11.7. The molecule has 0 spiro atoms. The molecule has 106 valence electrons. The molecule has 20 heavy (non-hydrogen) atoms. The monoisotopic (exact) mass is 309 g/mol. The first-order valence-corrected chi connectivity index (χ1v) is 7.64. The molecule has 0 saturated heterocycles. The highest BCUT2D eigenvalue weighted by Gasteiger charge is 2.11. The number of aliphatic hydroxyl groups is 1. The molecule has 0 aliphatic carbocycles. The number of fused-ring (bicyclic) bond motifs is 1. The van der Waals surface area contributed by atoms with Gasteiger partial charge >= 0.3 is 0 Å². The van der Waals surface area contributed by atoms with Crippen molar-refractivity contribution in [1.29, 1.82) is 0 Å². The summed E-state index contributed by atoms with van der Waals surface area (Å²) in [7, 11) is 1.69. The molecule has 1 N–H and O–H groups in total. The first-order chi connectivity index (χ1) is 9.63. The van der Waals surface area contributed by atoms with Crippen LogP contribution in [-0.2, 0) is 4.79 Å². The number of amides is 1. The predicted octanol–water partition coefficient (Wildman–Crippen LogP) is 3.04. The summed E-state index contributed by atoms with van der Waals surface area (Å²) in [6.07, 6.45) is 0. The first-order valence-electron chi connectivity index (χ1n) is 6.28. The van der Waals surface area contributed by atoms with Crippen LogP contribution in [0.15, 0.2) is 41.3 Å². The molecule has 0 saturated carbocycles. The van der Waals surface area contributed by atoms with Gasteiger partial charge in [0.15, 0.2) is 0 Å². The number of carbonyl (C=O) groups is 1. The number of aliphatic hydroxyl groups excluding tert-OH is 1. The third kappa shape index (κ3) is 3.45. The van der Waals surface area contributed by atoms with Crippen molar-refractivity contribution in [3.8, 4) is 0 Å². The van der Waals surface area contributed by atoms with Gasteiger partial charge in [-0.1, -0.05) is 35.9 Å². The van der Waals surface area contributed by atoms with E-state index in [4.69, 9.17) is 16.7 Å². The average Bonchev–Trinajstić information content (AvgIpc) is 2.45. The third-order valence-electron chi connectivity index (χ3n) is 3.03. The van der Waals surface area contributed by atoms with Crippen molar-refractivity contribution < 1.29 is 9.90 Å². The molecule has 0 aromatic heterocycles. The lowest BCUT2D eigenvalue weighted by atomic mass is 10.1. The normalized spacial score (nSPS) is 10.8. The van der Waals surface area contributed by atoms with Crippen LogP contribution < -0.4 is 0 Å². The Labute approximate surface area is 127 Å². The largest absolute Gasteiger partial charge is 0.395 e. The fourth-order valence-corrected chi connectivity index (χ4v) is 3.29. The van der Waals surface area contributed by atoms with E-state index in [0.717, 1.165) is 15.7 Å². The molecule has 3 nitrogen and oxygen atoms in total. The van der Waals surface area contributed by atoms with Crippen LogP contribution in [0.3, 0.4) is 0 Å². The number of rotatable bonds is 5. The Morgan fingerprint density at radius 1 is 1.30 bits per heavy atom. The Hall–Kier alpha value is -1.23. The molecule has 5 heteroatoms. The molecule has 0 atom stereocenters. The van der Waals surface area contributed by atoms with Gasteiger partial charge in [-0.3, -0.25) is 4.79 Å². The summed E-state index contributed by atoms with van der Waals surface area (Å²) in [4.78, 5) is 14.4. The van der Waals surface area contributed by atoms with E-state index in [1.807, 2.05) is 36.4 Å². The van der Waals surface area contributed by atoms with Crippen molar-refractivity contribution in [3.63, 3.8) is 0 Å². The number of thioether (sulfide) groups is 1. The molecule has 0 radical (unpaired) electrons. The highest BCUT2D eigenvalue weighted by atomic mass is 35.5. The number of nitrogens with zero attached hydrogens (tertiary/aromatic N) is 1. The summed E-state index contributed by atoms with van der Waals surface area (Å²) < 4.78 is 0. The van der Waals surface area contributed by atoms with E-state index in [0.29, 0.717) is 17.3 Å². The van der Waals surface area contributed by atoms with Crippen LogP contribution in [0.4, 0.5) is 0 Å². The SMILES string of the molecule is CN(CCO)C(=O)CSc1cccc2cccc(Cl)c12. The maximum atomic E-state index is 11.9. The molecule has 0 unspecified atom stereocenters. The molecule has 0 bridgehead atoms. The Balaban J connectivity index is 2.16. The van der Waals surface area contributed by atoms with Gasteiger partial charge in [-0.2, -0.15) is 0 Å². The summed E-state index contributed by atoms with van der Waals surface area (Å²) in [5.74, 6) is 0.328. The molecular weight excluding hydrogens is 294 g/mol. The van der Waals surface area contributed by atoms with Crippen molar-refractivity contribution in [1.82, 2.24) is 4.90 Å². The Bertz CT molecular complexity index is 613. The smallest absolute Gasteiger partial charge is 0.232 e. The van der Waals surface area contributed by atoms with Gasteiger partial charge in [0.25, 0.3) is 0 Å². The van der Waals surface area contributed by atoms with Crippen LogP contribution in [0.25, 0.3) is 10.8 Å². The van der Waals surface area contributed by atoms with E-state index in [2.05, 4.69) is 0 Å². The van der Waals surface area contributed by atoms with Crippen LogP contribution in [0.2, 0.25) is 5.02 Å². The van der Waals surface area contributed by atoms with Gasteiger partial charge in [-0.15, -0.1) is 11.8 Å². The van der Waals surface area contributed by atoms with Gasteiger partial charge in [0.1, 0.15) is 0 Å². The zero-order chi connectivity index (χ0) is 14.5. The minimum absolute atomic E-state index is 0.00638. The maximum Gasteiger partial charge on any atom is 0.232 e. The zero-order valence-electron chi connectivity index (χ0n) is 11.2. The molecule has 0 heterocycles. The minimum Gasteiger partial charge on any atom is -0.395 e. The van der Waals surface area contributed by atoms with Crippen molar-refractivity contribution in [2.45, 2.75) is 4.90 Å². The lowest BCUT2D eigenvalue weighted by Crippen LogP contribution is -2.30. The molecule has 0 aliphatic rings. The van der Waals surface area contributed by atoms with Crippen molar-refractivity contribution >= 4 is 40.0 Å². The van der Waals surface area contributed by atoms with E-state index in [9.17, 15) is 4.79 Å². The molecule has 2 aromatic rings. The molecule has 0 fully saturated rings. The Kier molecular flexibility index (Phi) is 5.29. The molecule has 1 amide bonds. The Morgan fingerprint density at radius 2 is 2.00 bits per heavy atom. The average molecular weight is 310 g/mol. The van der Waals surface area contributed by atoms with Crippen LogP contribution in [0, 0.1) is 0 Å².